The van der Waals surface area contributed by atoms with Gasteiger partial charge in [0.2, 0.25) is 0 Å². The van der Waals surface area contributed by atoms with Gasteiger partial charge in [0.25, 0.3) is 0 Å². The summed E-state index contributed by atoms with van der Waals surface area (Å²) in [5.74, 6) is -0.417. The van der Waals surface area contributed by atoms with Crippen LogP contribution >= 0.6 is 0 Å². The Morgan fingerprint density at radius 2 is 2.05 bits per heavy atom. The number of ketones is 1. The zero-order valence-electron chi connectivity index (χ0n) is 11.8. The highest BCUT2D eigenvalue weighted by Gasteiger charge is 2.59. The molecule has 0 bridgehead atoms. The topological polar surface area (TPSA) is 26.3 Å². The predicted molar refractivity (Wildman–Crippen MR) is 71.5 cm³/mol. The van der Waals surface area contributed by atoms with E-state index in [1.165, 1.54) is 0 Å². The fourth-order valence-electron chi connectivity index (χ4n) is 3.27. The number of carbonyl (C=O) groups excluding carboxylic acids is 1. The summed E-state index contributed by atoms with van der Waals surface area (Å²) in [5, 5.41) is 0. The predicted octanol–water partition coefficient (Wildman–Crippen LogP) is 4.31. The molecule has 2 nitrogen and oxygen atoms in total. The van der Waals surface area contributed by atoms with Gasteiger partial charge in [0.05, 0.1) is 23.5 Å². The van der Waals surface area contributed by atoms with Crippen LogP contribution in [-0.2, 0) is 0 Å². The van der Waals surface area contributed by atoms with E-state index < -0.39 is 17.5 Å². The summed E-state index contributed by atoms with van der Waals surface area (Å²) in [5.41, 5.74) is -0.307. The summed E-state index contributed by atoms with van der Waals surface area (Å²) in [6.45, 7) is 1.93. The number of ether oxygens (including phenoxy) is 1. The van der Waals surface area contributed by atoms with Gasteiger partial charge in [-0.25, -0.2) is 0 Å². The minimum absolute atomic E-state index is 0.0487. The molecule has 1 saturated carbocycles. The molecule has 1 atom stereocenters. The van der Waals surface area contributed by atoms with Crippen LogP contribution < -0.4 is 4.74 Å². The molecule has 1 aromatic rings. The number of halogens is 3. The van der Waals surface area contributed by atoms with Crippen molar-refractivity contribution in [3.05, 3.63) is 29.3 Å². The largest absolute Gasteiger partial charge is 0.492 e. The van der Waals surface area contributed by atoms with E-state index in [0.717, 1.165) is 5.56 Å². The van der Waals surface area contributed by atoms with E-state index in [9.17, 15) is 18.0 Å². The fraction of sp³-hybridized carbons (Fsp3) is 0.562. The Bertz CT molecular complexity index is 573. The van der Waals surface area contributed by atoms with E-state index in [2.05, 4.69) is 0 Å². The third-order valence-electron chi connectivity index (χ3n) is 4.76. The van der Waals surface area contributed by atoms with Crippen molar-refractivity contribution in [2.45, 2.75) is 38.8 Å². The summed E-state index contributed by atoms with van der Waals surface area (Å²) in [6, 6.07) is 5.19. The maximum atomic E-state index is 13.2. The Labute approximate surface area is 121 Å². The van der Waals surface area contributed by atoms with E-state index in [0.29, 0.717) is 17.7 Å². The van der Waals surface area contributed by atoms with Gasteiger partial charge in [0.1, 0.15) is 5.75 Å². The highest BCUT2D eigenvalue weighted by atomic mass is 19.4. The Morgan fingerprint density at radius 3 is 2.62 bits per heavy atom. The lowest BCUT2D eigenvalue weighted by atomic mass is 9.63. The van der Waals surface area contributed by atoms with Crippen LogP contribution in [0.5, 0.6) is 5.75 Å². The monoisotopic (exact) mass is 298 g/mol. The van der Waals surface area contributed by atoms with Crippen LogP contribution in [0.3, 0.4) is 0 Å². The minimum Gasteiger partial charge on any atom is -0.492 e. The molecular formula is C16H17F3O2. The number of fused-ring (bicyclic) bond motifs is 1. The highest BCUT2D eigenvalue weighted by Crippen LogP contribution is 2.57. The number of aryl methyl sites for hydroxylation is 1. The Hall–Kier alpha value is -1.52. The molecular weight excluding hydrogens is 281 g/mol. The molecule has 21 heavy (non-hydrogen) atoms. The molecule has 0 aromatic heterocycles. The average Bonchev–Trinajstić information content (AvgIpc) is 2.34. The van der Waals surface area contributed by atoms with Crippen molar-refractivity contribution in [2.75, 3.05) is 6.61 Å². The maximum absolute atomic E-state index is 13.2. The van der Waals surface area contributed by atoms with Crippen molar-refractivity contribution in [2.24, 2.45) is 11.3 Å². The molecule has 0 N–H and O–H groups in total. The molecule has 1 aliphatic heterocycles. The Morgan fingerprint density at radius 1 is 1.33 bits per heavy atom. The van der Waals surface area contributed by atoms with Crippen molar-refractivity contribution in [1.29, 1.82) is 0 Å². The molecule has 0 amide bonds. The third-order valence-corrected chi connectivity index (χ3v) is 4.76. The summed E-state index contributed by atoms with van der Waals surface area (Å²) in [6.07, 6.45) is -3.55. The molecule has 5 heteroatoms. The van der Waals surface area contributed by atoms with Gasteiger partial charge in [-0.1, -0.05) is 12.5 Å². The van der Waals surface area contributed by atoms with Crippen molar-refractivity contribution in [1.82, 2.24) is 0 Å². The van der Waals surface area contributed by atoms with Crippen LogP contribution in [0.4, 0.5) is 13.2 Å². The van der Waals surface area contributed by atoms with Gasteiger partial charge < -0.3 is 4.74 Å². The van der Waals surface area contributed by atoms with E-state index in [4.69, 9.17) is 4.74 Å². The Balaban J connectivity index is 1.82. The number of hydrogen-bond donors (Lipinski definition) is 0. The van der Waals surface area contributed by atoms with E-state index in [-0.39, 0.29) is 31.7 Å². The molecule has 0 radical (unpaired) electrons. The second-order valence-corrected chi connectivity index (χ2v) is 6.21. The van der Waals surface area contributed by atoms with Gasteiger partial charge in [-0.2, -0.15) is 13.2 Å². The minimum atomic E-state index is -4.24. The van der Waals surface area contributed by atoms with E-state index >= 15 is 0 Å². The zero-order valence-corrected chi connectivity index (χ0v) is 11.8. The number of hydrogen-bond acceptors (Lipinski definition) is 2. The zero-order chi connectivity index (χ0) is 15.3. The molecule has 0 saturated heterocycles. The van der Waals surface area contributed by atoms with Crippen LogP contribution in [0.15, 0.2) is 18.2 Å². The molecule has 2 aliphatic rings. The summed E-state index contributed by atoms with van der Waals surface area (Å²) < 4.78 is 45.2. The summed E-state index contributed by atoms with van der Waals surface area (Å²) >= 11 is 0. The molecule has 3 rings (SSSR count). The van der Waals surface area contributed by atoms with Crippen molar-refractivity contribution in [3.63, 3.8) is 0 Å². The van der Waals surface area contributed by atoms with Crippen LogP contribution in [0.2, 0.25) is 0 Å². The standard InChI is InChI=1S/C16H17F3O2/c1-10-3-4-12-13(7-10)21-9-11(14(12)20)8-15(5-2-6-15)16(17,18)19/h3-4,7,11H,2,5-6,8-9H2,1H3/t11-/m0/s1. The lowest BCUT2D eigenvalue weighted by Crippen LogP contribution is -2.47. The van der Waals surface area contributed by atoms with Crippen LogP contribution in [0, 0.1) is 18.3 Å². The molecule has 114 valence electrons. The van der Waals surface area contributed by atoms with Gasteiger partial charge in [0.15, 0.2) is 5.78 Å². The maximum Gasteiger partial charge on any atom is 0.394 e. The lowest BCUT2D eigenvalue weighted by Gasteiger charge is -2.45. The van der Waals surface area contributed by atoms with Gasteiger partial charge in [-0.05, 0) is 43.9 Å². The number of alkyl halides is 3. The first kappa shape index (κ1) is 14.4. The fourth-order valence-corrected chi connectivity index (χ4v) is 3.27. The number of Topliss-reactive ketones (excluding diaryl/α,β-unsaturated/α-hetero) is 1. The lowest BCUT2D eigenvalue weighted by molar-refractivity contribution is -0.256. The molecule has 1 aromatic carbocycles. The molecule has 0 spiro atoms. The van der Waals surface area contributed by atoms with Gasteiger partial charge in [-0.15, -0.1) is 0 Å². The van der Waals surface area contributed by atoms with Crippen LogP contribution in [-0.4, -0.2) is 18.6 Å². The Kier molecular flexibility index (Phi) is 3.26. The molecule has 1 fully saturated rings. The number of benzene rings is 1. The van der Waals surface area contributed by atoms with Gasteiger partial charge in [0, 0.05) is 0 Å². The molecule has 0 unspecified atom stereocenters. The van der Waals surface area contributed by atoms with Gasteiger partial charge >= 0.3 is 6.18 Å². The first-order valence-corrected chi connectivity index (χ1v) is 7.17. The quantitative estimate of drug-likeness (QED) is 0.813. The average molecular weight is 298 g/mol. The van der Waals surface area contributed by atoms with Gasteiger partial charge in [-0.3, -0.25) is 4.79 Å². The summed E-state index contributed by atoms with van der Waals surface area (Å²) in [7, 11) is 0. The van der Waals surface area contributed by atoms with Crippen molar-refractivity contribution >= 4 is 5.78 Å². The van der Waals surface area contributed by atoms with E-state index in [1.807, 2.05) is 6.92 Å². The molecule has 1 aliphatic carbocycles. The van der Waals surface area contributed by atoms with Crippen LogP contribution in [0.1, 0.15) is 41.6 Å². The SMILES string of the molecule is Cc1ccc2c(c1)OC[C@H](CC1(C(F)(F)F)CCC1)C2=O. The third kappa shape index (κ3) is 2.32. The highest BCUT2D eigenvalue weighted by molar-refractivity contribution is 6.01. The first-order valence-electron chi connectivity index (χ1n) is 7.17. The van der Waals surface area contributed by atoms with E-state index in [1.54, 1.807) is 18.2 Å². The van der Waals surface area contributed by atoms with Crippen molar-refractivity contribution in [3.8, 4) is 5.75 Å². The number of rotatable bonds is 2. The normalized spacial score (nSPS) is 24.0. The number of carbonyl (C=O) groups is 1. The molecule has 1 heterocycles. The second-order valence-electron chi connectivity index (χ2n) is 6.21. The second kappa shape index (κ2) is 4.75. The smallest absolute Gasteiger partial charge is 0.394 e. The van der Waals surface area contributed by atoms with Crippen molar-refractivity contribution < 1.29 is 22.7 Å². The first-order chi connectivity index (χ1) is 9.82. The van der Waals surface area contributed by atoms with Crippen LogP contribution in [0.25, 0.3) is 0 Å². The summed E-state index contributed by atoms with van der Waals surface area (Å²) in [4.78, 5) is 12.4.